The van der Waals surface area contributed by atoms with Crippen molar-refractivity contribution in [2.75, 3.05) is 23.8 Å². The summed E-state index contributed by atoms with van der Waals surface area (Å²) in [7, 11) is 0. The number of rotatable bonds is 12. The molecule has 34 heavy (non-hydrogen) atoms. The first-order valence-electron chi connectivity index (χ1n) is 11.7. The van der Waals surface area contributed by atoms with E-state index in [-0.39, 0.29) is 11.9 Å². The number of ether oxygens (including phenoxy) is 2. The van der Waals surface area contributed by atoms with E-state index in [9.17, 15) is 9.59 Å². The summed E-state index contributed by atoms with van der Waals surface area (Å²) in [5.41, 5.74) is 5.32. The van der Waals surface area contributed by atoms with Crippen LogP contribution in [0.4, 0.5) is 11.4 Å². The van der Waals surface area contributed by atoms with Gasteiger partial charge in [-0.05, 0) is 72.5 Å². The average Bonchev–Trinajstić information content (AvgIpc) is 2.89. The number of anilines is 2. The standard InChI is InChI=1S/C28H32N2O4/c1-3-17-33-27(31)23-9-13-25(14-10-23)29-19-21-5-7-22(8-6-21)20-30-26-15-11-24(12-16-26)28(32)34-18-4-2/h5-16,29-30H,3-4,17-20H2,1-2H3. The van der Waals surface area contributed by atoms with Gasteiger partial charge in [-0.15, -0.1) is 0 Å². The minimum atomic E-state index is -0.289. The molecule has 0 fully saturated rings. The van der Waals surface area contributed by atoms with Crippen LogP contribution in [0.2, 0.25) is 0 Å². The van der Waals surface area contributed by atoms with Gasteiger partial charge in [-0.1, -0.05) is 38.1 Å². The third-order valence-corrected chi connectivity index (χ3v) is 5.13. The molecule has 0 saturated carbocycles. The average molecular weight is 461 g/mol. The van der Waals surface area contributed by atoms with Crippen molar-refractivity contribution in [1.29, 1.82) is 0 Å². The number of benzene rings is 3. The normalized spacial score (nSPS) is 10.4. The van der Waals surface area contributed by atoms with Gasteiger partial charge < -0.3 is 20.1 Å². The monoisotopic (exact) mass is 460 g/mol. The van der Waals surface area contributed by atoms with Crippen molar-refractivity contribution in [3.63, 3.8) is 0 Å². The van der Waals surface area contributed by atoms with Crippen LogP contribution in [-0.4, -0.2) is 25.2 Å². The van der Waals surface area contributed by atoms with Crippen molar-refractivity contribution in [2.45, 2.75) is 39.8 Å². The molecule has 0 atom stereocenters. The fraction of sp³-hybridized carbons (Fsp3) is 0.286. The molecule has 0 aliphatic heterocycles. The highest BCUT2D eigenvalue weighted by atomic mass is 16.5. The Labute approximate surface area is 201 Å². The van der Waals surface area contributed by atoms with Gasteiger partial charge in [0.2, 0.25) is 0 Å². The minimum absolute atomic E-state index is 0.289. The fourth-order valence-electron chi connectivity index (χ4n) is 3.19. The van der Waals surface area contributed by atoms with Crippen molar-refractivity contribution in [2.24, 2.45) is 0 Å². The van der Waals surface area contributed by atoms with E-state index in [0.29, 0.717) is 37.4 Å². The molecular formula is C28H32N2O4. The predicted molar refractivity (Wildman–Crippen MR) is 135 cm³/mol. The Morgan fingerprint density at radius 1 is 0.588 bits per heavy atom. The summed E-state index contributed by atoms with van der Waals surface area (Å²) < 4.78 is 10.3. The molecule has 0 aliphatic carbocycles. The van der Waals surface area contributed by atoms with Crippen LogP contribution in [0, 0.1) is 0 Å². The Hall–Kier alpha value is -3.80. The number of carbonyl (C=O) groups excluding carboxylic acids is 2. The molecule has 0 aliphatic rings. The van der Waals surface area contributed by atoms with Gasteiger partial charge in [0.15, 0.2) is 0 Å². The number of carbonyl (C=O) groups is 2. The Morgan fingerprint density at radius 3 is 1.26 bits per heavy atom. The van der Waals surface area contributed by atoms with Crippen LogP contribution in [0.25, 0.3) is 0 Å². The zero-order valence-electron chi connectivity index (χ0n) is 19.8. The van der Waals surface area contributed by atoms with E-state index in [1.807, 2.05) is 38.1 Å². The topological polar surface area (TPSA) is 76.7 Å². The lowest BCUT2D eigenvalue weighted by Crippen LogP contribution is -2.06. The van der Waals surface area contributed by atoms with Crippen LogP contribution < -0.4 is 10.6 Å². The van der Waals surface area contributed by atoms with E-state index < -0.39 is 0 Å². The molecule has 0 saturated heterocycles. The predicted octanol–water partition coefficient (Wildman–Crippen LogP) is 6.04. The molecular weight excluding hydrogens is 428 g/mol. The summed E-state index contributed by atoms with van der Waals surface area (Å²) in [6.45, 7) is 6.18. The lowest BCUT2D eigenvalue weighted by molar-refractivity contribution is 0.0496. The van der Waals surface area contributed by atoms with Crippen molar-refractivity contribution in [1.82, 2.24) is 0 Å². The van der Waals surface area contributed by atoms with Crippen molar-refractivity contribution in [3.05, 3.63) is 95.1 Å². The first kappa shape index (κ1) is 24.8. The molecule has 2 N–H and O–H groups in total. The molecule has 3 aromatic rings. The third kappa shape index (κ3) is 7.66. The van der Waals surface area contributed by atoms with Crippen molar-refractivity contribution < 1.29 is 19.1 Å². The van der Waals surface area contributed by atoms with Gasteiger partial charge in [0.25, 0.3) is 0 Å². The molecule has 178 valence electrons. The fourth-order valence-corrected chi connectivity index (χ4v) is 3.19. The highest BCUT2D eigenvalue weighted by molar-refractivity contribution is 5.90. The second kappa shape index (κ2) is 13.0. The second-order valence-corrected chi connectivity index (χ2v) is 7.95. The van der Waals surface area contributed by atoms with Gasteiger partial charge >= 0.3 is 11.9 Å². The second-order valence-electron chi connectivity index (χ2n) is 7.95. The van der Waals surface area contributed by atoms with Crippen LogP contribution >= 0.6 is 0 Å². The first-order valence-corrected chi connectivity index (χ1v) is 11.7. The maximum Gasteiger partial charge on any atom is 0.338 e. The van der Waals surface area contributed by atoms with Gasteiger partial charge in [0.05, 0.1) is 24.3 Å². The summed E-state index contributed by atoms with van der Waals surface area (Å²) in [6, 6.07) is 23.0. The Kier molecular flexibility index (Phi) is 9.52. The van der Waals surface area contributed by atoms with Crippen LogP contribution in [-0.2, 0) is 22.6 Å². The lowest BCUT2D eigenvalue weighted by atomic mass is 10.1. The van der Waals surface area contributed by atoms with E-state index >= 15 is 0 Å². The summed E-state index contributed by atoms with van der Waals surface area (Å²) >= 11 is 0. The molecule has 0 radical (unpaired) electrons. The maximum absolute atomic E-state index is 11.9. The molecule has 3 aromatic carbocycles. The van der Waals surface area contributed by atoms with Crippen LogP contribution in [0.1, 0.15) is 58.5 Å². The summed E-state index contributed by atoms with van der Waals surface area (Å²) in [5, 5.41) is 6.74. The number of esters is 2. The van der Waals surface area contributed by atoms with Crippen LogP contribution in [0.3, 0.4) is 0 Å². The largest absolute Gasteiger partial charge is 0.462 e. The molecule has 6 nitrogen and oxygen atoms in total. The van der Waals surface area contributed by atoms with E-state index in [0.717, 1.165) is 35.3 Å². The molecule has 0 aromatic heterocycles. The van der Waals surface area contributed by atoms with E-state index in [1.165, 1.54) is 0 Å². The van der Waals surface area contributed by atoms with Gasteiger partial charge in [-0.3, -0.25) is 0 Å². The molecule has 3 rings (SSSR count). The molecule has 0 bridgehead atoms. The highest BCUT2D eigenvalue weighted by Gasteiger charge is 2.07. The molecule has 6 heteroatoms. The molecule has 0 spiro atoms. The summed E-state index contributed by atoms with van der Waals surface area (Å²) in [6.07, 6.45) is 1.62. The summed E-state index contributed by atoms with van der Waals surface area (Å²) in [5.74, 6) is -0.578. The minimum Gasteiger partial charge on any atom is -0.462 e. The third-order valence-electron chi connectivity index (χ3n) is 5.13. The number of hydrogen-bond acceptors (Lipinski definition) is 6. The Bertz CT molecular complexity index is 959. The van der Waals surface area contributed by atoms with Crippen molar-refractivity contribution >= 4 is 23.3 Å². The molecule has 0 unspecified atom stereocenters. The van der Waals surface area contributed by atoms with Crippen molar-refractivity contribution in [3.8, 4) is 0 Å². The summed E-state index contributed by atoms with van der Waals surface area (Å²) in [4.78, 5) is 23.8. The zero-order valence-corrected chi connectivity index (χ0v) is 19.8. The Morgan fingerprint density at radius 2 is 0.941 bits per heavy atom. The quantitative estimate of drug-likeness (QED) is 0.321. The Balaban J connectivity index is 1.44. The SMILES string of the molecule is CCCOC(=O)c1ccc(NCc2ccc(CNc3ccc(C(=O)OCCC)cc3)cc2)cc1. The number of hydrogen-bond donors (Lipinski definition) is 2. The van der Waals surface area contributed by atoms with E-state index in [1.54, 1.807) is 24.3 Å². The van der Waals surface area contributed by atoms with Gasteiger partial charge in [-0.25, -0.2) is 9.59 Å². The maximum atomic E-state index is 11.9. The zero-order chi connectivity index (χ0) is 24.2. The van der Waals surface area contributed by atoms with Gasteiger partial charge in [-0.2, -0.15) is 0 Å². The number of nitrogens with one attached hydrogen (secondary N) is 2. The lowest BCUT2D eigenvalue weighted by Gasteiger charge is -2.10. The first-order chi connectivity index (χ1) is 16.6. The molecule has 0 amide bonds. The molecule has 0 heterocycles. The van der Waals surface area contributed by atoms with Gasteiger partial charge in [0.1, 0.15) is 0 Å². The van der Waals surface area contributed by atoms with E-state index in [4.69, 9.17) is 9.47 Å². The smallest absolute Gasteiger partial charge is 0.338 e. The van der Waals surface area contributed by atoms with Crippen LogP contribution in [0.15, 0.2) is 72.8 Å². The van der Waals surface area contributed by atoms with Gasteiger partial charge in [0, 0.05) is 24.5 Å². The van der Waals surface area contributed by atoms with Crippen LogP contribution in [0.5, 0.6) is 0 Å². The van der Waals surface area contributed by atoms with E-state index in [2.05, 4.69) is 34.9 Å². The highest BCUT2D eigenvalue weighted by Crippen LogP contribution is 2.15.